The number of amides is 2. The number of hydrogen-bond donors (Lipinski definition) is 1. The lowest BCUT2D eigenvalue weighted by molar-refractivity contribution is -0.135. The third kappa shape index (κ3) is 2.10. The fourth-order valence-corrected chi connectivity index (χ4v) is 1.93. The van der Waals surface area contributed by atoms with Gasteiger partial charge in [-0.05, 0) is 26.0 Å². The molecule has 0 unspecified atom stereocenters. The SMILES string of the molecule is CC1(C)C(=O)NC(=O)CN1c1ccnc(Cl)c1. The molecule has 90 valence electrons. The number of anilines is 1. The van der Waals surface area contributed by atoms with E-state index in [0.29, 0.717) is 10.8 Å². The number of nitrogens with one attached hydrogen (secondary N) is 1. The average molecular weight is 254 g/mol. The van der Waals surface area contributed by atoms with Crippen LogP contribution in [0.15, 0.2) is 18.3 Å². The Kier molecular flexibility index (Phi) is 2.79. The van der Waals surface area contributed by atoms with Crippen molar-refractivity contribution in [3.8, 4) is 0 Å². The third-order valence-corrected chi connectivity index (χ3v) is 3.01. The molecule has 1 aromatic heterocycles. The zero-order valence-corrected chi connectivity index (χ0v) is 10.3. The summed E-state index contributed by atoms with van der Waals surface area (Å²) in [6.07, 6.45) is 1.55. The summed E-state index contributed by atoms with van der Waals surface area (Å²) in [6, 6.07) is 3.36. The summed E-state index contributed by atoms with van der Waals surface area (Å²) < 4.78 is 0. The Hall–Kier alpha value is -1.62. The molecule has 1 fully saturated rings. The van der Waals surface area contributed by atoms with Gasteiger partial charge in [-0.25, -0.2) is 4.98 Å². The van der Waals surface area contributed by atoms with Crippen LogP contribution in [0.4, 0.5) is 5.69 Å². The molecule has 0 radical (unpaired) electrons. The Balaban J connectivity index is 2.42. The first-order valence-electron chi connectivity index (χ1n) is 5.15. The van der Waals surface area contributed by atoms with E-state index in [1.165, 1.54) is 0 Å². The van der Waals surface area contributed by atoms with Crippen molar-refractivity contribution in [2.45, 2.75) is 19.4 Å². The maximum Gasteiger partial charge on any atom is 0.251 e. The highest BCUT2D eigenvalue weighted by Gasteiger charge is 2.41. The monoisotopic (exact) mass is 253 g/mol. The number of nitrogens with zero attached hydrogens (tertiary/aromatic N) is 2. The molecular weight excluding hydrogens is 242 g/mol. The second-order valence-electron chi connectivity index (χ2n) is 4.36. The second-order valence-corrected chi connectivity index (χ2v) is 4.75. The first-order valence-corrected chi connectivity index (χ1v) is 5.52. The van der Waals surface area contributed by atoms with Gasteiger partial charge >= 0.3 is 0 Å². The maximum absolute atomic E-state index is 11.8. The summed E-state index contributed by atoms with van der Waals surface area (Å²) in [6.45, 7) is 3.63. The summed E-state index contributed by atoms with van der Waals surface area (Å²) in [5.41, 5.74) is -0.0864. The van der Waals surface area contributed by atoms with E-state index in [-0.39, 0.29) is 18.4 Å². The molecule has 0 aliphatic carbocycles. The molecule has 17 heavy (non-hydrogen) atoms. The summed E-state index contributed by atoms with van der Waals surface area (Å²) in [4.78, 5) is 28.8. The molecule has 0 atom stereocenters. The summed E-state index contributed by atoms with van der Waals surface area (Å²) in [5, 5.41) is 2.65. The van der Waals surface area contributed by atoms with Gasteiger partial charge < -0.3 is 4.90 Å². The first-order chi connectivity index (χ1) is 7.91. The summed E-state index contributed by atoms with van der Waals surface area (Å²) in [7, 11) is 0. The van der Waals surface area contributed by atoms with E-state index in [1.54, 1.807) is 37.1 Å². The lowest BCUT2D eigenvalue weighted by atomic mass is 9.98. The third-order valence-electron chi connectivity index (χ3n) is 2.81. The molecule has 1 saturated heterocycles. The van der Waals surface area contributed by atoms with Gasteiger partial charge in [0.25, 0.3) is 5.91 Å². The van der Waals surface area contributed by atoms with E-state index in [4.69, 9.17) is 11.6 Å². The minimum Gasteiger partial charge on any atom is -0.348 e. The standard InChI is InChI=1S/C11H12ClN3O2/c1-11(2)10(17)14-9(16)6-15(11)7-3-4-13-8(12)5-7/h3-5H,6H2,1-2H3,(H,14,16,17). The zero-order valence-electron chi connectivity index (χ0n) is 9.53. The van der Waals surface area contributed by atoms with E-state index in [0.717, 1.165) is 0 Å². The van der Waals surface area contributed by atoms with Crippen molar-refractivity contribution in [2.24, 2.45) is 0 Å². The fraction of sp³-hybridized carbons (Fsp3) is 0.364. The van der Waals surface area contributed by atoms with Gasteiger partial charge in [-0.15, -0.1) is 0 Å². The summed E-state index contributed by atoms with van der Waals surface area (Å²) >= 11 is 5.81. The largest absolute Gasteiger partial charge is 0.348 e. The van der Waals surface area contributed by atoms with Crippen LogP contribution in [0.2, 0.25) is 5.15 Å². The van der Waals surface area contributed by atoms with E-state index in [9.17, 15) is 9.59 Å². The van der Waals surface area contributed by atoms with Crippen LogP contribution in [0.25, 0.3) is 0 Å². The van der Waals surface area contributed by atoms with E-state index in [2.05, 4.69) is 10.3 Å². The maximum atomic E-state index is 11.8. The predicted molar refractivity (Wildman–Crippen MR) is 63.8 cm³/mol. The number of piperazine rings is 1. The van der Waals surface area contributed by atoms with Crippen molar-refractivity contribution in [1.29, 1.82) is 0 Å². The number of imide groups is 1. The van der Waals surface area contributed by atoms with Gasteiger partial charge in [-0.2, -0.15) is 0 Å². The fourth-order valence-electron chi connectivity index (χ4n) is 1.76. The van der Waals surface area contributed by atoms with Crippen molar-refractivity contribution in [3.63, 3.8) is 0 Å². The Morgan fingerprint density at radius 1 is 1.47 bits per heavy atom. The number of hydrogen-bond acceptors (Lipinski definition) is 4. The van der Waals surface area contributed by atoms with Gasteiger partial charge in [0.2, 0.25) is 5.91 Å². The lowest BCUT2D eigenvalue weighted by Gasteiger charge is -2.41. The van der Waals surface area contributed by atoms with Crippen LogP contribution in [-0.4, -0.2) is 28.9 Å². The first kappa shape index (κ1) is 11.9. The Bertz CT molecular complexity index is 487. The van der Waals surface area contributed by atoms with E-state index < -0.39 is 5.54 Å². The second kappa shape index (κ2) is 4.00. The van der Waals surface area contributed by atoms with Crippen LogP contribution >= 0.6 is 11.6 Å². The number of halogens is 1. The number of pyridine rings is 1. The number of rotatable bonds is 1. The Morgan fingerprint density at radius 2 is 2.18 bits per heavy atom. The molecular formula is C11H12ClN3O2. The molecule has 1 aliphatic heterocycles. The van der Waals surface area contributed by atoms with Gasteiger partial charge in [0.15, 0.2) is 0 Å². The van der Waals surface area contributed by atoms with E-state index in [1.807, 2.05) is 0 Å². The number of aromatic nitrogens is 1. The molecule has 0 spiro atoms. The molecule has 2 amide bonds. The minimum atomic E-state index is -0.793. The van der Waals surface area contributed by atoms with Crippen molar-refractivity contribution < 1.29 is 9.59 Å². The van der Waals surface area contributed by atoms with Gasteiger partial charge in [0.1, 0.15) is 10.7 Å². The molecule has 6 heteroatoms. The van der Waals surface area contributed by atoms with Crippen LogP contribution in [-0.2, 0) is 9.59 Å². The van der Waals surface area contributed by atoms with Crippen molar-refractivity contribution in [2.75, 3.05) is 11.4 Å². The van der Waals surface area contributed by atoms with Gasteiger partial charge in [0, 0.05) is 11.9 Å². The molecule has 2 rings (SSSR count). The molecule has 2 heterocycles. The van der Waals surface area contributed by atoms with Crippen LogP contribution in [0.1, 0.15) is 13.8 Å². The quantitative estimate of drug-likeness (QED) is 0.599. The van der Waals surface area contributed by atoms with Gasteiger partial charge in [0.05, 0.1) is 6.54 Å². The smallest absolute Gasteiger partial charge is 0.251 e. The summed E-state index contributed by atoms with van der Waals surface area (Å²) in [5.74, 6) is -0.635. The molecule has 1 aromatic rings. The molecule has 1 N–H and O–H groups in total. The van der Waals surface area contributed by atoms with Crippen molar-refractivity contribution in [3.05, 3.63) is 23.5 Å². The molecule has 0 aromatic carbocycles. The number of carbonyl (C=O) groups excluding carboxylic acids is 2. The highest BCUT2D eigenvalue weighted by Crippen LogP contribution is 2.27. The van der Waals surface area contributed by atoms with E-state index >= 15 is 0 Å². The van der Waals surface area contributed by atoms with Crippen molar-refractivity contribution >= 4 is 29.1 Å². The topological polar surface area (TPSA) is 62.3 Å². The molecule has 0 saturated carbocycles. The van der Waals surface area contributed by atoms with Gasteiger partial charge in [-0.3, -0.25) is 14.9 Å². The Labute approximate surface area is 104 Å². The number of carbonyl (C=O) groups is 2. The average Bonchev–Trinajstić information content (AvgIpc) is 2.24. The lowest BCUT2D eigenvalue weighted by Crippen LogP contribution is -2.64. The zero-order chi connectivity index (χ0) is 12.6. The highest BCUT2D eigenvalue weighted by atomic mass is 35.5. The van der Waals surface area contributed by atoms with Crippen LogP contribution in [0, 0.1) is 0 Å². The molecule has 5 nitrogen and oxygen atoms in total. The van der Waals surface area contributed by atoms with Crippen LogP contribution in [0.3, 0.4) is 0 Å². The minimum absolute atomic E-state index is 0.124. The van der Waals surface area contributed by atoms with Crippen molar-refractivity contribution in [1.82, 2.24) is 10.3 Å². The molecule has 0 bridgehead atoms. The normalized spacial score (nSPS) is 19.1. The molecule has 1 aliphatic rings. The highest BCUT2D eigenvalue weighted by molar-refractivity contribution is 6.29. The Morgan fingerprint density at radius 3 is 2.82 bits per heavy atom. The van der Waals surface area contributed by atoms with Crippen LogP contribution in [0.5, 0.6) is 0 Å². The predicted octanol–water partition coefficient (Wildman–Crippen LogP) is 0.976. The van der Waals surface area contributed by atoms with Gasteiger partial charge in [-0.1, -0.05) is 11.6 Å². The van der Waals surface area contributed by atoms with Crippen LogP contribution < -0.4 is 10.2 Å².